The second-order valence-corrected chi connectivity index (χ2v) is 0.519. The van der Waals surface area contributed by atoms with Crippen LogP contribution in [0.1, 0.15) is 6.92 Å². The van der Waals surface area contributed by atoms with Crippen LogP contribution in [0.4, 0.5) is 0 Å². The molecule has 34 valence electrons. The van der Waals surface area contributed by atoms with Crippen molar-refractivity contribution in [3.8, 4) is 0 Å². The molecule has 0 unspecified atom stereocenters. The van der Waals surface area contributed by atoms with E-state index < -0.39 is 5.97 Å². The van der Waals surface area contributed by atoms with Crippen molar-refractivity contribution in [3.63, 3.8) is 0 Å². The summed E-state index contributed by atoms with van der Waals surface area (Å²) < 4.78 is 0. The van der Waals surface area contributed by atoms with Gasteiger partial charge in [0.05, 0.1) is 0 Å². The standard InChI is InChI=1S/C2H4O2.Al.Zr.3H/c1-2(3)4;;;;;/h1H3,(H,3,4);;;;;. The molecule has 0 aliphatic heterocycles. The Kier molecular flexibility index (Phi) is 24.5. The van der Waals surface area contributed by atoms with E-state index >= 15 is 0 Å². The Morgan fingerprint density at radius 1 is 1.67 bits per heavy atom. The average molecular weight is 181 g/mol. The molecule has 0 aromatic heterocycles. The van der Waals surface area contributed by atoms with Crippen LogP contribution in [0.2, 0.25) is 0 Å². The maximum absolute atomic E-state index is 9.00. The molecular weight excluding hydrogens is 174 g/mol. The van der Waals surface area contributed by atoms with Crippen LogP contribution in [-0.2, 0) is 31.0 Å². The molecule has 0 aliphatic rings. The summed E-state index contributed by atoms with van der Waals surface area (Å²) in [6.45, 7) is 1.08. The third-order valence-corrected chi connectivity index (χ3v) is 0. The van der Waals surface area contributed by atoms with E-state index in [4.69, 9.17) is 9.90 Å². The third-order valence-electron chi connectivity index (χ3n) is 0. The van der Waals surface area contributed by atoms with E-state index in [1.54, 1.807) is 0 Å². The number of rotatable bonds is 0. The quantitative estimate of drug-likeness (QED) is 0.482. The Hall–Kier alpha value is 0.886. The predicted molar refractivity (Wildman–Crippen MR) is 23.2 cm³/mol. The maximum atomic E-state index is 9.00. The summed E-state index contributed by atoms with van der Waals surface area (Å²) in [7, 11) is 0. The van der Waals surface area contributed by atoms with Gasteiger partial charge in [-0.05, 0) is 0 Å². The first-order valence-corrected chi connectivity index (χ1v) is 0.928. The minimum Gasteiger partial charge on any atom is -0.481 e. The first kappa shape index (κ1) is 15.8. The van der Waals surface area contributed by atoms with Crippen molar-refractivity contribution in [3.05, 3.63) is 0 Å². The zero-order valence-electron chi connectivity index (χ0n) is 2.86. The molecule has 0 amide bonds. The zero-order chi connectivity index (χ0) is 3.58. The normalized spacial score (nSPS) is 4.17. The molecular formula is C2H7AlO2Zr. The molecule has 0 atom stereocenters. The average Bonchev–Trinajstić information content (AvgIpc) is 0.811. The molecule has 0 bridgehead atoms. The zero-order valence-corrected chi connectivity index (χ0v) is 5.31. The van der Waals surface area contributed by atoms with Crippen molar-refractivity contribution in [2.45, 2.75) is 6.92 Å². The van der Waals surface area contributed by atoms with Crippen LogP contribution < -0.4 is 0 Å². The molecule has 0 saturated carbocycles. The van der Waals surface area contributed by atoms with Crippen LogP contribution in [0.5, 0.6) is 0 Å². The monoisotopic (exact) mass is 180 g/mol. The molecule has 0 rings (SSSR count). The van der Waals surface area contributed by atoms with Crippen molar-refractivity contribution < 1.29 is 36.1 Å². The fourth-order valence-electron chi connectivity index (χ4n) is 0. The molecule has 0 heterocycles. The van der Waals surface area contributed by atoms with Gasteiger partial charge in [0.25, 0.3) is 5.97 Å². The summed E-state index contributed by atoms with van der Waals surface area (Å²) >= 11 is 0. The molecule has 0 aromatic carbocycles. The van der Waals surface area contributed by atoms with Crippen molar-refractivity contribution in [1.29, 1.82) is 0 Å². The number of carboxylic acid groups (broad SMARTS) is 1. The number of carboxylic acids is 1. The summed E-state index contributed by atoms with van der Waals surface area (Å²) in [5.74, 6) is -0.833. The van der Waals surface area contributed by atoms with Gasteiger partial charge >= 0.3 is 0 Å². The van der Waals surface area contributed by atoms with Crippen LogP contribution in [0.3, 0.4) is 0 Å². The van der Waals surface area contributed by atoms with Crippen LogP contribution in [0, 0.1) is 0 Å². The van der Waals surface area contributed by atoms with Gasteiger partial charge in [0.15, 0.2) is 17.4 Å². The van der Waals surface area contributed by atoms with Gasteiger partial charge in [0.1, 0.15) is 0 Å². The van der Waals surface area contributed by atoms with E-state index in [1.807, 2.05) is 0 Å². The molecule has 0 spiro atoms. The Morgan fingerprint density at radius 3 is 1.67 bits per heavy atom. The molecule has 6 heavy (non-hydrogen) atoms. The number of hydrogen-bond donors (Lipinski definition) is 1. The van der Waals surface area contributed by atoms with Gasteiger partial charge in [-0.15, -0.1) is 0 Å². The van der Waals surface area contributed by atoms with Crippen molar-refractivity contribution >= 4 is 23.3 Å². The number of hydrogen-bond acceptors (Lipinski definition) is 1. The van der Waals surface area contributed by atoms with Gasteiger partial charge in [-0.3, -0.25) is 4.79 Å². The summed E-state index contributed by atoms with van der Waals surface area (Å²) in [6.07, 6.45) is 0. The molecule has 0 aromatic rings. The summed E-state index contributed by atoms with van der Waals surface area (Å²) in [4.78, 5) is 9.00. The van der Waals surface area contributed by atoms with Crippen molar-refractivity contribution in [2.24, 2.45) is 0 Å². The predicted octanol–water partition coefficient (Wildman–Crippen LogP) is -1.10. The fraction of sp³-hybridized carbons (Fsp3) is 0.500. The Balaban J connectivity index is -0.0000000450. The summed E-state index contributed by atoms with van der Waals surface area (Å²) in [6, 6.07) is 0. The Labute approximate surface area is 66.2 Å². The fourth-order valence-corrected chi connectivity index (χ4v) is 0. The first-order chi connectivity index (χ1) is 1.73. The van der Waals surface area contributed by atoms with Gasteiger partial charge < -0.3 is 5.11 Å². The van der Waals surface area contributed by atoms with Crippen LogP contribution in [-0.4, -0.2) is 28.4 Å². The SMILES string of the molecule is CC(=O)O.[AlH3].[Zr]. The first-order valence-electron chi connectivity index (χ1n) is 0.928. The van der Waals surface area contributed by atoms with Crippen LogP contribution in [0.25, 0.3) is 0 Å². The molecule has 0 fully saturated rings. The minimum atomic E-state index is -0.833. The second-order valence-electron chi connectivity index (χ2n) is 0.519. The molecule has 0 saturated heterocycles. The van der Waals surface area contributed by atoms with E-state index in [9.17, 15) is 0 Å². The minimum absolute atomic E-state index is 0. The summed E-state index contributed by atoms with van der Waals surface area (Å²) in [5, 5.41) is 7.42. The van der Waals surface area contributed by atoms with E-state index in [1.165, 1.54) is 0 Å². The largest absolute Gasteiger partial charge is 0.481 e. The Morgan fingerprint density at radius 2 is 1.67 bits per heavy atom. The van der Waals surface area contributed by atoms with Gasteiger partial charge in [0.2, 0.25) is 0 Å². The third kappa shape index (κ3) is 94.1. The maximum Gasteiger partial charge on any atom is 0.300 e. The van der Waals surface area contributed by atoms with E-state index in [0.29, 0.717) is 0 Å². The topological polar surface area (TPSA) is 37.3 Å². The smallest absolute Gasteiger partial charge is 0.300 e. The van der Waals surface area contributed by atoms with E-state index in [0.717, 1.165) is 6.92 Å². The summed E-state index contributed by atoms with van der Waals surface area (Å²) in [5.41, 5.74) is 0. The van der Waals surface area contributed by atoms with Gasteiger partial charge in [-0.25, -0.2) is 0 Å². The second kappa shape index (κ2) is 9.30. The van der Waals surface area contributed by atoms with Crippen LogP contribution >= 0.6 is 0 Å². The number of carbonyl (C=O) groups is 1. The molecule has 4 heteroatoms. The molecule has 0 radical (unpaired) electrons. The Bertz CT molecular complexity index is 34.5. The molecule has 0 aliphatic carbocycles. The van der Waals surface area contributed by atoms with Gasteiger partial charge in [-0.1, -0.05) is 0 Å². The number of aliphatic carboxylic acids is 1. The van der Waals surface area contributed by atoms with E-state index in [2.05, 4.69) is 0 Å². The molecule has 1 N–H and O–H groups in total. The van der Waals surface area contributed by atoms with Gasteiger partial charge in [-0.2, -0.15) is 0 Å². The molecule has 2 nitrogen and oxygen atoms in total. The van der Waals surface area contributed by atoms with Crippen molar-refractivity contribution in [1.82, 2.24) is 0 Å². The van der Waals surface area contributed by atoms with E-state index in [-0.39, 0.29) is 43.6 Å². The van der Waals surface area contributed by atoms with Crippen LogP contribution in [0.15, 0.2) is 0 Å². The van der Waals surface area contributed by atoms with Crippen molar-refractivity contribution in [2.75, 3.05) is 0 Å². The van der Waals surface area contributed by atoms with Gasteiger partial charge in [0, 0.05) is 33.1 Å².